The SMILES string of the molecule is O=[N+]([O-])c1cc(Cl)ccc1S(=O)(=O)Nc1ccc(O)cc1. The molecule has 0 heterocycles. The predicted octanol–water partition coefficient (Wildman–Crippen LogP) is 2.75. The van der Waals surface area contributed by atoms with Gasteiger partial charge < -0.3 is 5.11 Å². The van der Waals surface area contributed by atoms with Crippen LogP contribution >= 0.6 is 11.6 Å². The molecule has 0 aliphatic carbocycles. The highest BCUT2D eigenvalue weighted by Crippen LogP contribution is 2.28. The van der Waals surface area contributed by atoms with Gasteiger partial charge in [0.2, 0.25) is 0 Å². The number of phenols is 1. The van der Waals surface area contributed by atoms with Crippen LogP contribution in [-0.2, 0) is 10.0 Å². The Hall–Kier alpha value is -2.32. The van der Waals surface area contributed by atoms with E-state index in [4.69, 9.17) is 16.7 Å². The second kappa shape index (κ2) is 5.58. The normalized spacial score (nSPS) is 11.1. The average Bonchev–Trinajstić information content (AvgIpc) is 2.40. The summed E-state index contributed by atoms with van der Waals surface area (Å²) < 4.78 is 26.6. The Balaban J connectivity index is 2.44. The maximum absolute atomic E-state index is 12.2. The van der Waals surface area contributed by atoms with Gasteiger partial charge in [0.1, 0.15) is 5.75 Å². The van der Waals surface area contributed by atoms with Crippen LogP contribution in [0.15, 0.2) is 47.4 Å². The van der Waals surface area contributed by atoms with Crippen LogP contribution in [0.3, 0.4) is 0 Å². The molecule has 7 nitrogen and oxygen atoms in total. The molecule has 0 saturated heterocycles. The van der Waals surface area contributed by atoms with E-state index in [9.17, 15) is 18.5 Å². The average molecular weight is 329 g/mol. The minimum Gasteiger partial charge on any atom is -0.508 e. The molecule has 2 N–H and O–H groups in total. The molecule has 110 valence electrons. The smallest absolute Gasteiger partial charge is 0.291 e. The molecule has 0 saturated carbocycles. The molecule has 2 rings (SSSR count). The van der Waals surface area contributed by atoms with Crippen molar-refractivity contribution in [3.63, 3.8) is 0 Å². The topological polar surface area (TPSA) is 110 Å². The third kappa shape index (κ3) is 3.41. The molecule has 0 aliphatic rings. The van der Waals surface area contributed by atoms with Gasteiger partial charge in [-0.1, -0.05) is 11.6 Å². The molecule has 0 amide bonds. The number of nitro benzene ring substituents is 1. The molecular weight excluding hydrogens is 320 g/mol. The summed E-state index contributed by atoms with van der Waals surface area (Å²) in [4.78, 5) is 9.62. The monoisotopic (exact) mass is 328 g/mol. The van der Waals surface area contributed by atoms with Crippen molar-refractivity contribution < 1.29 is 18.4 Å². The maximum atomic E-state index is 12.2. The molecule has 0 aromatic heterocycles. The van der Waals surface area contributed by atoms with Crippen molar-refractivity contribution in [3.05, 3.63) is 57.6 Å². The Morgan fingerprint density at radius 2 is 1.76 bits per heavy atom. The minimum absolute atomic E-state index is 0.0320. The number of hydrogen-bond acceptors (Lipinski definition) is 5. The van der Waals surface area contributed by atoms with Gasteiger partial charge in [-0.2, -0.15) is 0 Å². The van der Waals surface area contributed by atoms with Crippen molar-refractivity contribution in [3.8, 4) is 5.75 Å². The lowest BCUT2D eigenvalue weighted by Gasteiger charge is -2.08. The Kier molecular flexibility index (Phi) is 4.01. The van der Waals surface area contributed by atoms with E-state index in [1.807, 2.05) is 0 Å². The van der Waals surface area contributed by atoms with Crippen LogP contribution in [0.1, 0.15) is 0 Å². The molecule has 0 atom stereocenters. The van der Waals surface area contributed by atoms with E-state index in [1.165, 1.54) is 30.3 Å². The first-order chi connectivity index (χ1) is 9.79. The number of nitro groups is 1. The molecular formula is C12H9ClN2O5S. The van der Waals surface area contributed by atoms with E-state index in [-0.39, 0.29) is 16.5 Å². The highest BCUT2D eigenvalue weighted by molar-refractivity contribution is 7.92. The lowest BCUT2D eigenvalue weighted by Crippen LogP contribution is -2.14. The van der Waals surface area contributed by atoms with E-state index in [2.05, 4.69) is 4.72 Å². The third-order valence-corrected chi connectivity index (χ3v) is 4.19. The Labute approximate surface area is 125 Å². The highest BCUT2D eigenvalue weighted by Gasteiger charge is 2.26. The lowest BCUT2D eigenvalue weighted by molar-refractivity contribution is -0.387. The zero-order valence-corrected chi connectivity index (χ0v) is 11.9. The third-order valence-electron chi connectivity index (χ3n) is 2.53. The van der Waals surface area contributed by atoms with Gasteiger partial charge in [-0.15, -0.1) is 0 Å². The van der Waals surface area contributed by atoms with E-state index >= 15 is 0 Å². The summed E-state index contributed by atoms with van der Waals surface area (Å²) in [6.07, 6.45) is 0. The van der Waals surface area contributed by atoms with Crippen LogP contribution in [0.2, 0.25) is 5.02 Å². The van der Waals surface area contributed by atoms with Crippen LogP contribution in [0.25, 0.3) is 0 Å². The van der Waals surface area contributed by atoms with Crippen molar-refractivity contribution in [1.82, 2.24) is 0 Å². The van der Waals surface area contributed by atoms with E-state index in [1.54, 1.807) is 0 Å². The van der Waals surface area contributed by atoms with Crippen molar-refractivity contribution in [1.29, 1.82) is 0 Å². The number of sulfonamides is 1. The maximum Gasteiger partial charge on any atom is 0.291 e. The number of aromatic hydroxyl groups is 1. The number of halogens is 1. The number of hydrogen-bond donors (Lipinski definition) is 2. The van der Waals surface area contributed by atoms with Crippen LogP contribution in [0.4, 0.5) is 11.4 Å². The van der Waals surface area contributed by atoms with Crippen molar-refractivity contribution in [2.45, 2.75) is 4.90 Å². The summed E-state index contributed by atoms with van der Waals surface area (Å²) in [6, 6.07) is 8.50. The Bertz CT molecular complexity index is 790. The molecule has 2 aromatic carbocycles. The standard InChI is InChI=1S/C12H9ClN2O5S/c13-8-1-6-12(11(7-8)15(17)18)21(19,20)14-9-2-4-10(16)5-3-9/h1-7,14,16H. The summed E-state index contributed by atoms with van der Waals surface area (Å²) in [5.41, 5.74) is -0.453. The summed E-state index contributed by atoms with van der Waals surface area (Å²) >= 11 is 5.64. The first kappa shape index (κ1) is 15.1. The van der Waals surface area contributed by atoms with Gasteiger partial charge in [-0.3, -0.25) is 14.8 Å². The fourth-order valence-electron chi connectivity index (χ4n) is 1.60. The van der Waals surface area contributed by atoms with E-state index in [0.717, 1.165) is 12.1 Å². The molecule has 9 heteroatoms. The molecule has 21 heavy (non-hydrogen) atoms. The second-order valence-corrected chi connectivity index (χ2v) is 6.11. The molecule has 0 bridgehead atoms. The van der Waals surface area contributed by atoms with Gasteiger partial charge in [0.25, 0.3) is 15.7 Å². The van der Waals surface area contributed by atoms with Crippen molar-refractivity contribution >= 4 is 33.0 Å². The first-order valence-electron chi connectivity index (χ1n) is 5.55. The summed E-state index contributed by atoms with van der Waals surface area (Å²) in [5.74, 6) is -0.0320. The fourth-order valence-corrected chi connectivity index (χ4v) is 2.98. The Morgan fingerprint density at radius 3 is 2.33 bits per heavy atom. The van der Waals surface area contributed by atoms with Gasteiger partial charge in [0.15, 0.2) is 4.90 Å². The molecule has 0 aliphatic heterocycles. The van der Waals surface area contributed by atoms with Crippen LogP contribution in [0.5, 0.6) is 5.75 Å². The largest absolute Gasteiger partial charge is 0.508 e. The van der Waals surface area contributed by atoms with Crippen LogP contribution < -0.4 is 4.72 Å². The van der Waals surface area contributed by atoms with Gasteiger partial charge >= 0.3 is 0 Å². The van der Waals surface area contributed by atoms with Crippen LogP contribution in [0, 0.1) is 10.1 Å². The number of phenolic OH excluding ortho intramolecular Hbond substituents is 1. The quantitative estimate of drug-likeness (QED) is 0.509. The molecule has 0 unspecified atom stereocenters. The number of benzene rings is 2. The molecule has 0 fully saturated rings. The minimum atomic E-state index is -4.15. The van der Waals surface area contributed by atoms with Crippen molar-refractivity contribution in [2.75, 3.05) is 4.72 Å². The first-order valence-corrected chi connectivity index (χ1v) is 7.41. The van der Waals surface area contributed by atoms with Gasteiger partial charge in [-0.05, 0) is 36.4 Å². The molecule has 0 spiro atoms. The van der Waals surface area contributed by atoms with Gasteiger partial charge in [0.05, 0.1) is 4.92 Å². The fraction of sp³-hybridized carbons (Fsp3) is 0. The van der Waals surface area contributed by atoms with Crippen LogP contribution in [-0.4, -0.2) is 18.4 Å². The zero-order chi connectivity index (χ0) is 15.6. The number of nitrogens with zero attached hydrogens (tertiary/aromatic N) is 1. The van der Waals surface area contributed by atoms with Gasteiger partial charge in [0, 0.05) is 16.8 Å². The van der Waals surface area contributed by atoms with Crippen molar-refractivity contribution in [2.24, 2.45) is 0 Å². The number of nitrogens with one attached hydrogen (secondary N) is 1. The van der Waals surface area contributed by atoms with E-state index < -0.39 is 25.5 Å². The Morgan fingerprint density at radius 1 is 1.14 bits per heavy atom. The zero-order valence-electron chi connectivity index (χ0n) is 10.4. The lowest BCUT2D eigenvalue weighted by atomic mass is 10.3. The number of rotatable bonds is 4. The summed E-state index contributed by atoms with van der Waals surface area (Å²) in [7, 11) is -4.15. The molecule has 0 radical (unpaired) electrons. The highest BCUT2D eigenvalue weighted by atomic mass is 35.5. The predicted molar refractivity (Wildman–Crippen MR) is 77.0 cm³/mol. The summed E-state index contributed by atoms with van der Waals surface area (Å²) in [5, 5.41) is 20.1. The number of anilines is 1. The van der Waals surface area contributed by atoms with Gasteiger partial charge in [-0.25, -0.2) is 8.42 Å². The summed E-state index contributed by atoms with van der Waals surface area (Å²) in [6.45, 7) is 0. The molecule has 2 aromatic rings. The van der Waals surface area contributed by atoms with E-state index in [0.29, 0.717) is 0 Å². The second-order valence-electron chi connectivity index (χ2n) is 4.02.